The monoisotopic (exact) mass is 885 g/mol. The van der Waals surface area contributed by atoms with Crippen molar-refractivity contribution in [2.24, 2.45) is 0 Å². The molecular weight excluding hydrogens is 835 g/mol. The molecule has 0 N–H and O–H groups in total. The Bertz CT molecular complexity index is 3720. The first-order valence-electron chi connectivity index (χ1n) is 24.5. The summed E-state index contributed by atoms with van der Waals surface area (Å²) in [6, 6.07) is 75.5. The number of fused-ring (bicyclic) bond motifs is 16. The number of anilines is 3. The van der Waals surface area contributed by atoms with Gasteiger partial charge in [0.05, 0.1) is 22.5 Å². The van der Waals surface area contributed by atoms with Crippen LogP contribution in [0.3, 0.4) is 0 Å². The maximum atomic E-state index is 6.92. The second-order valence-corrected chi connectivity index (χ2v) is 20.9. The summed E-state index contributed by atoms with van der Waals surface area (Å²) in [5.74, 6) is 1.76. The quantitative estimate of drug-likeness (QED) is 0.175. The minimum absolute atomic E-state index is 0.101. The lowest BCUT2D eigenvalue weighted by Gasteiger charge is -2.49. The zero-order chi connectivity index (χ0) is 46.6. The van der Waals surface area contributed by atoms with E-state index in [0.717, 1.165) is 34.0 Å². The van der Waals surface area contributed by atoms with E-state index in [4.69, 9.17) is 4.74 Å². The van der Waals surface area contributed by atoms with Crippen molar-refractivity contribution < 1.29 is 4.74 Å². The van der Waals surface area contributed by atoms with Gasteiger partial charge in [-0.25, -0.2) is 0 Å². The topological polar surface area (TPSA) is 12.5 Å². The molecule has 0 aromatic heterocycles. The Kier molecular flexibility index (Phi) is 8.18. The lowest BCUT2D eigenvalue weighted by Crippen LogP contribution is -2.40. The van der Waals surface area contributed by atoms with Gasteiger partial charge in [-0.05, 0) is 163 Å². The predicted octanol–water partition coefficient (Wildman–Crippen LogP) is 17.7. The smallest absolute Gasteiger partial charge is 0.132 e. The molecule has 69 heavy (non-hydrogen) atoms. The van der Waals surface area contributed by atoms with Gasteiger partial charge in [0.2, 0.25) is 0 Å². The van der Waals surface area contributed by atoms with Gasteiger partial charge in [-0.3, -0.25) is 0 Å². The van der Waals surface area contributed by atoms with Crippen LogP contribution >= 0.6 is 0 Å². The van der Waals surface area contributed by atoms with Gasteiger partial charge in [0.15, 0.2) is 0 Å². The third-order valence-electron chi connectivity index (χ3n) is 16.6. The molecule has 10 aromatic rings. The summed E-state index contributed by atoms with van der Waals surface area (Å²) >= 11 is 0. The highest BCUT2D eigenvalue weighted by molar-refractivity contribution is 6.11. The molecule has 0 saturated carbocycles. The highest BCUT2D eigenvalue weighted by Gasteiger charge is 2.52. The molecule has 4 aliphatic rings. The molecule has 2 aliphatic heterocycles. The van der Waals surface area contributed by atoms with Gasteiger partial charge < -0.3 is 9.64 Å². The van der Waals surface area contributed by atoms with Gasteiger partial charge in [-0.15, -0.1) is 0 Å². The summed E-state index contributed by atoms with van der Waals surface area (Å²) in [6.45, 7) is 14.1. The minimum atomic E-state index is -0.740. The fraction of sp³-hybridized carbons (Fsp3) is 0.134. The zero-order valence-corrected chi connectivity index (χ0v) is 39.9. The van der Waals surface area contributed by atoms with Crippen LogP contribution in [-0.2, 0) is 16.2 Å². The Morgan fingerprint density at radius 2 is 0.797 bits per heavy atom. The highest BCUT2D eigenvalue weighted by atomic mass is 16.5. The SMILES string of the molecule is Cc1ccccc1-c1ccc2c(c1)C1(c3ccccc3Oc3ccccc31)c1cc(-c3ccccc3C)ccc1N2c1cc2c(c3ccccc13)-c1cc3c(cc1C2(C)C)-c1ccccc1C3(C)C. The number of benzene rings is 10. The molecule has 14 rings (SSSR count). The Hall–Kier alpha value is -7.94. The van der Waals surface area contributed by atoms with Crippen molar-refractivity contribution in [3.8, 4) is 56.0 Å². The Balaban J connectivity index is 1.10. The molecule has 2 heteroatoms. The van der Waals surface area contributed by atoms with Gasteiger partial charge in [0.25, 0.3) is 0 Å². The van der Waals surface area contributed by atoms with E-state index in [9.17, 15) is 0 Å². The molecule has 10 aromatic carbocycles. The largest absolute Gasteiger partial charge is 0.457 e. The van der Waals surface area contributed by atoms with Crippen LogP contribution in [0.5, 0.6) is 11.5 Å². The maximum absolute atomic E-state index is 6.92. The van der Waals surface area contributed by atoms with Crippen molar-refractivity contribution in [1.29, 1.82) is 0 Å². The molecule has 330 valence electrons. The maximum Gasteiger partial charge on any atom is 0.132 e. The minimum Gasteiger partial charge on any atom is -0.457 e. The van der Waals surface area contributed by atoms with Crippen LogP contribution in [0.1, 0.15) is 83.3 Å². The molecule has 1 spiro atoms. The van der Waals surface area contributed by atoms with Crippen molar-refractivity contribution in [3.05, 3.63) is 256 Å². The summed E-state index contributed by atoms with van der Waals surface area (Å²) in [5, 5.41) is 2.51. The van der Waals surface area contributed by atoms with Crippen LogP contribution in [0, 0.1) is 13.8 Å². The van der Waals surface area contributed by atoms with E-state index in [1.54, 1.807) is 0 Å². The number of aryl methyl sites for hydroxylation is 2. The van der Waals surface area contributed by atoms with Gasteiger partial charge in [-0.1, -0.05) is 173 Å². The van der Waals surface area contributed by atoms with Crippen LogP contribution < -0.4 is 9.64 Å². The Labute approximate surface area is 405 Å². The molecule has 0 fully saturated rings. The fourth-order valence-electron chi connectivity index (χ4n) is 13.2. The van der Waals surface area contributed by atoms with Gasteiger partial charge >= 0.3 is 0 Å². The molecule has 2 nitrogen and oxygen atoms in total. The van der Waals surface area contributed by atoms with E-state index in [-0.39, 0.29) is 10.8 Å². The van der Waals surface area contributed by atoms with Gasteiger partial charge in [-0.2, -0.15) is 0 Å². The van der Waals surface area contributed by atoms with Crippen molar-refractivity contribution in [2.75, 3.05) is 4.90 Å². The number of nitrogens with zero attached hydrogens (tertiary/aromatic N) is 1. The van der Waals surface area contributed by atoms with E-state index >= 15 is 0 Å². The predicted molar refractivity (Wildman–Crippen MR) is 286 cm³/mol. The van der Waals surface area contributed by atoms with E-state index in [1.807, 2.05) is 0 Å². The van der Waals surface area contributed by atoms with Crippen molar-refractivity contribution in [1.82, 2.24) is 0 Å². The van der Waals surface area contributed by atoms with Crippen LogP contribution in [0.4, 0.5) is 17.1 Å². The summed E-state index contributed by atoms with van der Waals surface area (Å²) in [4.78, 5) is 2.61. The standard InChI is InChI=1S/C67H51NO/c1-40-19-7-9-21-44(40)42-31-33-59-56(35-42)67(52-27-15-17-29-62(52)69-63-30-18-16-28-53(63)67)57-36-43(45-22-10-8-20-41(45)2)32-34-60(57)68(59)61-39-58-64(48-25-12-11-24-47(48)61)50-38-54-49(37-55(50)66(58,5)6)46-23-13-14-26-51(46)65(54,3)4/h7-39H,1-6H3. The number of hydrogen-bond acceptors (Lipinski definition) is 2. The second kappa shape index (κ2) is 14.1. The number of para-hydroxylation sites is 2. The fourth-order valence-corrected chi connectivity index (χ4v) is 13.2. The van der Waals surface area contributed by atoms with Crippen LogP contribution in [0.25, 0.3) is 55.3 Å². The van der Waals surface area contributed by atoms with Crippen molar-refractivity contribution in [3.63, 3.8) is 0 Å². The summed E-state index contributed by atoms with van der Waals surface area (Å²) in [5.41, 5.74) is 25.5. The Morgan fingerprint density at radius 3 is 1.39 bits per heavy atom. The van der Waals surface area contributed by atoms with Crippen LogP contribution in [0.15, 0.2) is 200 Å². The third-order valence-corrected chi connectivity index (χ3v) is 16.6. The molecule has 2 heterocycles. The molecule has 2 aliphatic carbocycles. The second-order valence-electron chi connectivity index (χ2n) is 20.9. The lowest BCUT2D eigenvalue weighted by molar-refractivity contribution is 0.434. The molecule has 0 bridgehead atoms. The number of hydrogen-bond donors (Lipinski definition) is 0. The van der Waals surface area contributed by atoms with Gasteiger partial charge in [0.1, 0.15) is 11.5 Å². The van der Waals surface area contributed by atoms with E-state index in [1.165, 1.54) is 105 Å². The molecule has 0 saturated heterocycles. The summed E-state index contributed by atoms with van der Waals surface area (Å²) in [6.07, 6.45) is 0. The van der Waals surface area contributed by atoms with Crippen molar-refractivity contribution in [2.45, 2.75) is 57.8 Å². The molecule has 0 atom stereocenters. The molecule has 0 unspecified atom stereocenters. The molecular formula is C67H51NO. The van der Waals surface area contributed by atoms with E-state index in [0.29, 0.717) is 0 Å². The van der Waals surface area contributed by atoms with Crippen LogP contribution in [-0.4, -0.2) is 0 Å². The highest BCUT2D eigenvalue weighted by Crippen LogP contribution is 2.65. The average Bonchev–Trinajstić information content (AvgIpc) is 3.74. The molecule has 0 amide bonds. The van der Waals surface area contributed by atoms with Crippen molar-refractivity contribution >= 4 is 27.8 Å². The van der Waals surface area contributed by atoms with E-state index in [2.05, 4.69) is 247 Å². The number of ether oxygens (including phenoxy) is 1. The summed E-state index contributed by atoms with van der Waals surface area (Å²) in [7, 11) is 0. The lowest BCUT2D eigenvalue weighted by atomic mass is 9.60. The zero-order valence-electron chi connectivity index (χ0n) is 39.9. The Morgan fingerprint density at radius 1 is 0.333 bits per heavy atom. The first kappa shape index (κ1) is 40.2. The third kappa shape index (κ3) is 5.27. The molecule has 0 radical (unpaired) electrons. The first-order valence-corrected chi connectivity index (χ1v) is 24.5. The van der Waals surface area contributed by atoms with E-state index < -0.39 is 5.41 Å². The van der Waals surface area contributed by atoms with Crippen LogP contribution in [0.2, 0.25) is 0 Å². The normalized spacial score (nSPS) is 15.5. The number of rotatable bonds is 3. The average molecular weight is 886 g/mol. The summed E-state index contributed by atoms with van der Waals surface area (Å²) < 4.78 is 6.92. The van der Waals surface area contributed by atoms with Gasteiger partial charge in [0, 0.05) is 27.3 Å². The first-order chi connectivity index (χ1) is 33.6.